The van der Waals surface area contributed by atoms with Crippen molar-refractivity contribution in [2.75, 3.05) is 11.0 Å². The predicted octanol–water partition coefficient (Wildman–Crippen LogP) is 3.06. The number of benzene rings is 1. The SMILES string of the molecule is CCCCC(C)C(=O)NC(C)c1cccc(NS(C)(=O)=O)c1. The highest BCUT2D eigenvalue weighted by Crippen LogP contribution is 2.19. The summed E-state index contributed by atoms with van der Waals surface area (Å²) in [6.45, 7) is 5.93. The molecular formula is C16H26N2O3S. The molecule has 0 saturated carbocycles. The van der Waals surface area contributed by atoms with Crippen molar-refractivity contribution in [1.82, 2.24) is 5.32 Å². The van der Waals surface area contributed by atoms with Gasteiger partial charge in [0.25, 0.3) is 0 Å². The van der Waals surface area contributed by atoms with Gasteiger partial charge in [-0.05, 0) is 31.0 Å². The Kier molecular flexibility index (Phi) is 6.87. The van der Waals surface area contributed by atoms with Gasteiger partial charge in [-0.25, -0.2) is 8.42 Å². The van der Waals surface area contributed by atoms with E-state index < -0.39 is 10.0 Å². The fraction of sp³-hybridized carbons (Fsp3) is 0.562. The first-order valence-electron chi connectivity index (χ1n) is 7.61. The molecule has 1 aromatic carbocycles. The molecule has 2 atom stereocenters. The van der Waals surface area contributed by atoms with E-state index in [1.54, 1.807) is 18.2 Å². The van der Waals surface area contributed by atoms with Crippen LogP contribution in [0, 0.1) is 5.92 Å². The summed E-state index contributed by atoms with van der Waals surface area (Å²) in [6.07, 6.45) is 4.11. The third kappa shape index (κ3) is 6.47. The molecule has 1 aromatic rings. The van der Waals surface area contributed by atoms with E-state index in [-0.39, 0.29) is 17.9 Å². The van der Waals surface area contributed by atoms with Crippen LogP contribution in [0.3, 0.4) is 0 Å². The molecule has 124 valence electrons. The van der Waals surface area contributed by atoms with Gasteiger partial charge in [-0.1, -0.05) is 38.8 Å². The molecule has 0 saturated heterocycles. The molecule has 6 heteroatoms. The lowest BCUT2D eigenvalue weighted by molar-refractivity contribution is -0.125. The van der Waals surface area contributed by atoms with Crippen molar-refractivity contribution in [3.63, 3.8) is 0 Å². The van der Waals surface area contributed by atoms with Gasteiger partial charge >= 0.3 is 0 Å². The van der Waals surface area contributed by atoms with Crippen molar-refractivity contribution < 1.29 is 13.2 Å². The van der Waals surface area contributed by atoms with Crippen LogP contribution in [0.25, 0.3) is 0 Å². The van der Waals surface area contributed by atoms with E-state index in [2.05, 4.69) is 17.0 Å². The standard InChI is InChI=1S/C16H26N2O3S/c1-5-6-8-12(2)16(19)17-13(3)14-9-7-10-15(11-14)18-22(4,20)21/h7,9-13,18H,5-6,8H2,1-4H3,(H,17,19). The molecule has 1 amide bonds. The second kappa shape index (κ2) is 8.17. The van der Waals surface area contributed by atoms with Crippen LogP contribution in [0.1, 0.15) is 51.6 Å². The summed E-state index contributed by atoms with van der Waals surface area (Å²) >= 11 is 0. The van der Waals surface area contributed by atoms with E-state index in [1.807, 2.05) is 19.9 Å². The van der Waals surface area contributed by atoms with Gasteiger partial charge in [0.05, 0.1) is 12.3 Å². The monoisotopic (exact) mass is 326 g/mol. The van der Waals surface area contributed by atoms with Crippen LogP contribution in [0.5, 0.6) is 0 Å². The zero-order chi connectivity index (χ0) is 16.8. The Morgan fingerprint density at radius 2 is 1.95 bits per heavy atom. The van der Waals surface area contributed by atoms with Crippen molar-refractivity contribution in [3.8, 4) is 0 Å². The molecule has 0 aliphatic carbocycles. The summed E-state index contributed by atoms with van der Waals surface area (Å²) in [7, 11) is -3.30. The normalized spacial score (nSPS) is 14.2. The number of carbonyl (C=O) groups is 1. The molecule has 22 heavy (non-hydrogen) atoms. The van der Waals surface area contributed by atoms with Gasteiger partial charge in [0.1, 0.15) is 0 Å². The van der Waals surface area contributed by atoms with E-state index in [4.69, 9.17) is 0 Å². The smallest absolute Gasteiger partial charge is 0.229 e. The quantitative estimate of drug-likeness (QED) is 0.771. The van der Waals surface area contributed by atoms with Gasteiger partial charge in [-0.2, -0.15) is 0 Å². The Bertz CT molecular complexity index is 599. The van der Waals surface area contributed by atoms with E-state index in [0.29, 0.717) is 5.69 Å². The molecule has 1 rings (SSSR count). The third-order valence-corrected chi connectivity index (χ3v) is 4.09. The van der Waals surface area contributed by atoms with Crippen LogP contribution in [0.4, 0.5) is 5.69 Å². The van der Waals surface area contributed by atoms with Crippen LogP contribution < -0.4 is 10.0 Å². The molecule has 0 spiro atoms. The summed E-state index contributed by atoms with van der Waals surface area (Å²) in [4.78, 5) is 12.1. The Morgan fingerprint density at radius 3 is 2.55 bits per heavy atom. The maximum atomic E-state index is 12.1. The molecule has 5 nitrogen and oxygen atoms in total. The number of hydrogen-bond acceptors (Lipinski definition) is 3. The fourth-order valence-corrected chi connectivity index (χ4v) is 2.72. The lowest BCUT2D eigenvalue weighted by Crippen LogP contribution is -2.31. The Labute approximate surface area is 133 Å². The second-order valence-electron chi connectivity index (χ2n) is 5.77. The number of anilines is 1. The largest absolute Gasteiger partial charge is 0.349 e. The molecule has 0 fully saturated rings. The molecule has 0 heterocycles. The van der Waals surface area contributed by atoms with E-state index in [0.717, 1.165) is 31.1 Å². The minimum absolute atomic E-state index is 0.0141. The highest BCUT2D eigenvalue weighted by atomic mass is 32.2. The number of hydrogen-bond donors (Lipinski definition) is 2. The summed E-state index contributed by atoms with van der Waals surface area (Å²) in [6, 6.07) is 6.89. The van der Waals surface area contributed by atoms with E-state index >= 15 is 0 Å². The van der Waals surface area contributed by atoms with Gasteiger partial charge in [-0.3, -0.25) is 9.52 Å². The van der Waals surface area contributed by atoms with Gasteiger partial charge < -0.3 is 5.32 Å². The first-order chi connectivity index (χ1) is 10.2. The fourth-order valence-electron chi connectivity index (χ4n) is 2.17. The van der Waals surface area contributed by atoms with Crippen molar-refractivity contribution in [1.29, 1.82) is 0 Å². The zero-order valence-electron chi connectivity index (χ0n) is 13.7. The number of amides is 1. The number of nitrogens with one attached hydrogen (secondary N) is 2. The lowest BCUT2D eigenvalue weighted by atomic mass is 10.0. The van der Waals surface area contributed by atoms with Crippen molar-refractivity contribution in [3.05, 3.63) is 29.8 Å². The number of unbranched alkanes of at least 4 members (excludes halogenated alkanes) is 1. The third-order valence-electron chi connectivity index (χ3n) is 3.49. The maximum absolute atomic E-state index is 12.1. The predicted molar refractivity (Wildman–Crippen MR) is 90.2 cm³/mol. The summed E-state index contributed by atoms with van der Waals surface area (Å²) in [5.74, 6) is 0.0159. The second-order valence-corrected chi connectivity index (χ2v) is 7.52. The van der Waals surface area contributed by atoms with E-state index in [1.165, 1.54) is 0 Å². The van der Waals surface area contributed by atoms with Crippen molar-refractivity contribution in [2.24, 2.45) is 5.92 Å². The highest BCUT2D eigenvalue weighted by molar-refractivity contribution is 7.92. The van der Waals surface area contributed by atoms with Crippen LogP contribution in [-0.2, 0) is 14.8 Å². The Balaban J connectivity index is 2.71. The highest BCUT2D eigenvalue weighted by Gasteiger charge is 2.16. The van der Waals surface area contributed by atoms with Crippen molar-refractivity contribution >= 4 is 21.6 Å². The van der Waals surface area contributed by atoms with Gasteiger partial charge in [0.15, 0.2) is 0 Å². The molecule has 0 aromatic heterocycles. The molecule has 0 aliphatic rings. The van der Waals surface area contributed by atoms with Crippen LogP contribution >= 0.6 is 0 Å². The zero-order valence-corrected chi connectivity index (χ0v) is 14.5. The molecule has 0 aliphatic heterocycles. The summed E-state index contributed by atoms with van der Waals surface area (Å²) in [5.41, 5.74) is 1.37. The Morgan fingerprint density at radius 1 is 1.27 bits per heavy atom. The average molecular weight is 326 g/mol. The van der Waals surface area contributed by atoms with Gasteiger partial charge in [0, 0.05) is 11.6 Å². The minimum Gasteiger partial charge on any atom is -0.349 e. The number of carbonyl (C=O) groups excluding carboxylic acids is 1. The number of rotatable bonds is 8. The topological polar surface area (TPSA) is 75.3 Å². The number of sulfonamides is 1. The van der Waals surface area contributed by atoms with Gasteiger partial charge in [-0.15, -0.1) is 0 Å². The van der Waals surface area contributed by atoms with Crippen molar-refractivity contribution in [2.45, 2.75) is 46.1 Å². The average Bonchev–Trinajstić information content (AvgIpc) is 2.43. The first kappa shape index (κ1) is 18.5. The van der Waals surface area contributed by atoms with E-state index in [9.17, 15) is 13.2 Å². The van der Waals surface area contributed by atoms with Gasteiger partial charge in [0.2, 0.25) is 15.9 Å². The molecular weight excluding hydrogens is 300 g/mol. The minimum atomic E-state index is -3.30. The molecule has 2 N–H and O–H groups in total. The molecule has 2 unspecified atom stereocenters. The summed E-state index contributed by atoms with van der Waals surface area (Å²) in [5, 5.41) is 2.98. The molecule has 0 radical (unpaired) electrons. The first-order valence-corrected chi connectivity index (χ1v) is 9.50. The van der Waals surface area contributed by atoms with Crippen LogP contribution in [-0.4, -0.2) is 20.6 Å². The lowest BCUT2D eigenvalue weighted by Gasteiger charge is -2.18. The van der Waals surface area contributed by atoms with Crippen LogP contribution in [0.2, 0.25) is 0 Å². The van der Waals surface area contributed by atoms with Crippen LogP contribution in [0.15, 0.2) is 24.3 Å². The maximum Gasteiger partial charge on any atom is 0.229 e. The Hall–Kier alpha value is -1.56. The molecule has 0 bridgehead atoms. The summed E-state index contributed by atoms with van der Waals surface area (Å²) < 4.78 is 25.0.